The predicted octanol–water partition coefficient (Wildman–Crippen LogP) is 2.61. The maximum atomic E-state index is 11.9. The Bertz CT molecular complexity index is 687. The fraction of sp³-hybridized carbons (Fsp3) is 0.353. The Kier molecular flexibility index (Phi) is 6.45. The molecule has 24 heavy (non-hydrogen) atoms. The Hall–Kier alpha value is -2.25. The van der Waals surface area contributed by atoms with Crippen LogP contribution in [0.25, 0.3) is 0 Å². The number of methoxy groups -OCH3 is 2. The first-order valence-corrected chi connectivity index (χ1v) is 8.37. The minimum atomic E-state index is -0.697. The average molecular weight is 350 g/mol. The van der Waals surface area contributed by atoms with Gasteiger partial charge in [0.25, 0.3) is 0 Å². The molecule has 7 heteroatoms. The molecule has 0 bridgehead atoms. The van der Waals surface area contributed by atoms with Crippen molar-refractivity contribution >= 4 is 17.4 Å². The molecular weight excluding hydrogens is 328 g/mol. The van der Waals surface area contributed by atoms with Crippen LogP contribution in [0, 0.1) is 6.92 Å². The van der Waals surface area contributed by atoms with Crippen molar-refractivity contribution in [1.29, 1.82) is 0 Å². The maximum absolute atomic E-state index is 11.9. The van der Waals surface area contributed by atoms with E-state index in [2.05, 4.69) is 10.6 Å². The molecule has 1 atom stereocenters. The molecule has 0 spiro atoms. The normalized spacial score (nSPS) is 11.7. The standard InChI is InChI=1S/C17H22N2O4S/c1-11-6-7-24-16(11)13(20)10-19-17(21)18-9-12-4-5-14(22-2)15(8-12)23-3/h4-8,13,20H,9-10H2,1-3H3,(H2,18,19,21)/t13-/m0/s1. The van der Waals surface area contributed by atoms with E-state index in [1.165, 1.54) is 11.3 Å². The van der Waals surface area contributed by atoms with Crippen LogP contribution in [0.3, 0.4) is 0 Å². The van der Waals surface area contributed by atoms with Crippen molar-refractivity contribution in [2.24, 2.45) is 0 Å². The van der Waals surface area contributed by atoms with Gasteiger partial charge >= 0.3 is 6.03 Å². The zero-order valence-corrected chi connectivity index (χ0v) is 14.8. The lowest BCUT2D eigenvalue weighted by molar-refractivity contribution is 0.176. The summed E-state index contributed by atoms with van der Waals surface area (Å²) in [5, 5.41) is 17.4. The van der Waals surface area contributed by atoms with Crippen molar-refractivity contribution in [3.05, 3.63) is 45.6 Å². The van der Waals surface area contributed by atoms with Gasteiger partial charge in [0.05, 0.1) is 20.8 Å². The lowest BCUT2D eigenvalue weighted by Gasteiger charge is -2.13. The Morgan fingerprint density at radius 2 is 1.96 bits per heavy atom. The summed E-state index contributed by atoms with van der Waals surface area (Å²) in [6, 6.07) is 7.06. The molecule has 2 rings (SSSR count). The van der Waals surface area contributed by atoms with Gasteiger partial charge in [0.2, 0.25) is 0 Å². The molecule has 6 nitrogen and oxygen atoms in total. The smallest absolute Gasteiger partial charge is 0.315 e. The number of carbonyl (C=O) groups excluding carboxylic acids is 1. The fourth-order valence-corrected chi connectivity index (χ4v) is 3.16. The van der Waals surface area contributed by atoms with Gasteiger partial charge in [-0.15, -0.1) is 11.3 Å². The highest BCUT2D eigenvalue weighted by Gasteiger charge is 2.13. The molecule has 0 unspecified atom stereocenters. The molecule has 1 aromatic carbocycles. The number of carbonyl (C=O) groups is 1. The summed E-state index contributed by atoms with van der Waals surface area (Å²) in [4.78, 5) is 12.7. The van der Waals surface area contributed by atoms with Crippen LogP contribution in [-0.2, 0) is 6.54 Å². The Labute approximate surface area is 145 Å². The second-order valence-electron chi connectivity index (χ2n) is 5.24. The zero-order chi connectivity index (χ0) is 17.5. The van der Waals surface area contributed by atoms with E-state index in [1.807, 2.05) is 30.5 Å². The molecule has 0 saturated heterocycles. The summed E-state index contributed by atoms with van der Waals surface area (Å²) < 4.78 is 10.4. The number of aryl methyl sites for hydroxylation is 1. The number of hydrogen-bond donors (Lipinski definition) is 3. The minimum absolute atomic E-state index is 0.166. The maximum Gasteiger partial charge on any atom is 0.315 e. The van der Waals surface area contributed by atoms with Gasteiger partial charge in [-0.05, 0) is 41.6 Å². The van der Waals surface area contributed by atoms with Gasteiger partial charge < -0.3 is 25.2 Å². The van der Waals surface area contributed by atoms with Gasteiger partial charge in [-0.2, -0.15) is 0 Å². The average Bonchev–Trinajstić information content (AvgIpc) is 3.03. The quantitative estimate of drug-likeness (QED) is 0.717. The van der Waals surface area contributed by atoms with E-state index >= 15 is 0 Å². The van der Waals surface area contributed by atoms with Gasteiger partial charge in [0.15, 0.2) is 11.5 Å². The molecular formula is C17H22N2O4S. The molecule has 2 aromatic rings. The Morgan fingerprint density at radius 3 is 2.58 bits per heavy atom. The van der Waals surface area contributed by atoms with E-state index < -0.39 is 6.10 Å². The first-order chi connectivity index (χ1) is 11.5. The van der Waals surface area contributed by atoms with Crippen molar-refractivity contribution < 1.29 is 19.4 Å². The van der Waals surface area contributed by atoms with E-state index in [0.29, 0.717) is 18.0 Å². The molecule has 2 amide bonds. The molecule has 0 aliphatic carbocycles. The number of aliphatic hydroxyl groups excluding tert-OH is 1. The highest BCUT2D eigenvalue weighted by Crippen LogP contribution is 2.27. The third-order valence-electron chi connectivity index (χ3n) is 3.56. The zero-order valence-electron chi connectivity index (χ0n) is 14.0. The SMILES string of the molecule is COc1ccc(CNC(=O)NC[C@H](O)c2sccc2C)cc1OC. The molecule has 0 aliphatic heterocycles. The van der Waals surface area contributed by atoms with Crippen molar-refractivity contribution in [3.63, 3.8) is 0 Å². The summed E-state index contributed by atoms with van der Waals surface area (Å²) in [6.45, 7) is 2.45. The monoisotopic (exact) mass is 350 g/mol. The molecule has 0 fully saturated rings. The van der Waals surface area contributed by atoms with E-state index in [1.54, 1.807) is 20.3 Å². The van der Waals surface area contributed by atoms with Crippen LogP contribution >= 0.6 is 11.3 Å². The summed E-state index contributed by atoms with van der Waals surface area (Å²) in [6.07, 6.45) is -0.697. The number of nitrogens with one attached hydrogen (secondary N) is 2. The minimum Gasteiger partial charge on any atom is -0.493 e. The molecule has 0 radical (unpaired) electrons. The van der Waals surface area contributed by atoms with Crippen molar-refractivity contribution in [2.45, 2.75) is 19.6 Å². The number of hydrogen-bond acceptors (Lipinski definition) is 5. The van der Waals surface area contributed by atoms with Gasteiger partial charge in [0.1, 0.15) is 6.10 Å². The van der Waals surface area contributed by atoms with Crippen molar-refractivity contribution in [1.82, 2.24) is 10.6 Å². The van der Waals surface area contributed by atoms with Crippen LogP contribution < -0.4 is 20.1 Å². The van der Waals surface area contributed by atoms with Crippen LogP contribution in [0.5, 0.6) is 11.5 Å². The number of urea groups is 1. The number of ether oxygens (including phenoxy) is 2. The second-order valence-corrected chi connectivity index (χ2v) is 6.18. The van der Waals surface area contributed by atoms with E-state index in [0.717, 1.165) is 16.0 Å². The summed E-state index contributed by atoms with van der Waals surface area (Å²) in [5.74, 6) is 1.25. The highest BCUT2D eigenvalue weighted by molar-refractivity contribution is 7.10. The first kappa shape index (κ1) is 18.1. The lowest BCUT2D eigenvalue weighted by atomic mass is 10.2. The molecule has 3 N–H and O–H groups in total. The van der Waals surface area contributed by atoms with Crippen LogP contribution in [0.4, 0.5) is 4.79 Å². The number of benzene rings is 1. The van der Waals surface area contributed by atoms with Crippen LogP contribution in [0.1, 0.15) is 22.1 Å². The van der Waals surface area contributed by atoms with Crippen molar-refractivity contribution in [2.75, 3.05) is 20.8 Å². The molecule has 130 valence electrons. The van der Waals surface area contributed by atoms with Crippen LogP contribution in [0.2, 0.25) is 0 Å². The number of aliphatic hydroxyl groups is 1. The first-order valence-electron chi connectivity index (χ1n) is 7.49. The van der Waals surface area contributed by atoms with Gasteiger partial charge in [-0.3, -0.25) is 0 Å². The number of rotatable bonds is 7. The largest absolute Gasteiger partial charge is 0.493 e. The van der Waals surface area contributed by atoms with Crippen LogP contribution in [-0.4, -0.2) is 31.9 Å². The highest BCUT2D eigenvalue weighted by atomic mass is 32.1. The third kappa shape index (κ3) is 4.62. The molecule has 1 aromatic heterocycles. The van der Waals surface area contributed by atoms with E-state index in [9.17, 15) is 9.90 Å². The van der Waals surface area contributed by atoms with Gasteiger partial charge in [-0.25, -0.2) is 4.79 Å². The fourth-order valence-electron chi connectivity index (χ4n) is 2.24. The molecule has 1 heterocycles. The lowest BCUT2D eigenvalue weighted by Crippen LogP contribution is -2.37. The van der Waals surface area contributed by atoms with E-state index in [-0.39, 0.29) is 12.6 Å². The molecule has 0 aliphatic rings. The van der Waals surface area contributed by atoms with Gasteiger partial charge in [-0.1, -0.05) is 6.07 Å². The number of amides is 2. The van der Waals surface area contributed by atoms with E-state index in [4.69, 9.17) is 9.47 Å². The summed E-state index contributed by atoms with van der Waals surface area (Å²) in [7, 11) is 3.14. The second kappa shape index (κ2) is 8.56. The third-order valence-corrected chi connectivity index (χ3v) is 4.68. The Balaban J connectivity index is 1.82. The number of thiophene rings is 1. The summed E-state index contributed by atoms with van der Waals surface area (Å²) >= 11 is 1.48. The Morgan fingerprint density at radius 1 is 1.21 bits per heavy atom. The van der Waals surface area contributed by atoms with Crippen LogP contribution in [0.15, 0.2) is 29.6 Å². The van der Waals surface area contributed by atoms with Gasteiger partial charge in [0, 0.05) is 11.4 Å². The summed E-state index contributed by atoms with van der Waals surface area (Å²) in [5.41, 5.74) is 1.91. The predicted molar refractivity (Wildman–Crippen MR) is 93.8 cm³/mol. The van der Waals surface area contributed by atoms with Crippen molar-refractivity contribution in [3.8, 4) is 11.5 Å². The topological polar surface area (TPSA) is 79.8 Å². The molecule has 0 saturated carbocycles.